The van der Waals surface area contributed by atoms with Gasteiger partial charge in [0.25, 0.3) is 0 Å². The Balaban J connectivity index is 1.90. The van der Waals surface area contributed by atoms with Crippen LogP contribution in [-0.4, -0.2) is 37.1 Å². The molecule has 2 atom stereocenters. The Morgan fingerprint density at radius 1 is 1.25 bits per heavy atom. The molecule has 0 aromatic heterocycles. The van der Waals surface area contributed by atoms with Crippen LogP contribution in [0.15, 0.2) is 0 Å². The van der Waals surface area contributed by atoms with E-state index in [9.17, 15) is 0 Å². The first-order chi connectivity index (χ1) is 7.70. The molecule has 2 heterocycles. The van der Waals surface area contributed by atoms with Gasteiger partial charge in [-0.1, -0.05) is 19.8 Å². The number of piperidine rings is 1. The summed E-state index contributed by atoms with van der Waals surface area (Å²) in [5.41, 5.74) is 0.525. The molecule has 1 N–H and O–H groups in total. The molecule has 0 radical (unpaired) electrons. The van der Waals surface area contributed by atoms with Gasteiger partial charge in [0.1, 0.15) is 0 Å². The van der Waals surface area contributed by atoms with E-state index in [1.807, 2.05) is 0 Å². The lowest BCUT2D eigenvalue weighted by atomic mass is 9.82. The predicted octanol–water partition coefficient (Wildman–Crippen LogP) is 2.64. The molecular weight excluding hydrogens is 196 g/mol. The van der Waals surface area contributed by atoms with Crippen molar-refractivity contribution in [3.05, 3.63) is 0 Å². The fourth-order valence-corrected chi connectivity index (χ4v) is 3.31. The third-order valence-corrected chi connectivity index (χ3v) is 4.46. The molecule has 2 rings (SSSR count). The number of nitrogens with zero attached hydrogens (tertiary/aromatic N) is 1. The molecule has 0 amide bonds. The van der Waals surface area contributed by atoms with Crippen molar-refractivity contribution in [3.63, 3.8) is 0 Å². The topological polar surface area (TPSA) is 15.3 Å². The molecule has 2 unspecified atom stereocenters. The van der Waals surface area contributed by atoms with Crippen molar-refractivity contribution < 1.29 is 0 Å². The maximum Gasteiger partial charge on any atom is 0.00671 e. The first-order valence-corrected chi connectivity index (χ1v) is 7.14. The minimum Gasteiger partial charge on any atom is -0.316 e. The Labute approximate surface area is 101 Å². The van der Waals surface area contributed by atoms with E-state index in [-0.39, 0.29) is 0 Å². The van der Waals surface area contributed by atoms with Crippen molar-refractivity contribution in [1.29, 1.82) is 0 Å². The summed E-state index contributed by atoms with van der Waals surface area (Å²) < 4.78 is 0. The highest BCUT2D eigenvalue weighted by molar-refractivity contribution is 4.86. The zero-order valence-corrected chi connectivity index (χ0v) is 11.1. The molecule has 16 heavy (non-hydrogen) atoms. The molecule has 0 aliphatic carbocycles. The molecule has 2 nitrogen and oxygen atoms in total. The van der Waals surface area contributed by atoms with Gasteiger partial charge in [0.15, 0.2) is 0 Å². The fourth-order valence-electron chi connectivity index (χ4n) is 3.31. The van der Waals surface area contributed by atoms with Gasteiger partial charge in [-0.05, 0) is 51.1 Å². The van der Waals surface area contributed by atoms with Gasteiger partial charge in [-0.25, -0.2) is 0 Å². The van der Waals surface area contributed by atoms with Crippen LogP contribution < -0.4 is 5.32 Å². The highest BCUT2D eigenvalue weighted by Gasteiger charge is 2.30. The molecule has 2 saturated heterocycles. The Morgan fingerprint density at radius 2 is 2.12 bits per heavy atom. The summed E-state index contributed by atoms with van der Waals surface area (Å²) in [6.45, 7) is 9.97. The third-order valence-electron chi connectivity index (χ3n) is 4.46. The minimum absolute atomic E-state index is 0.525. The highest BCUT2D eigenvalue weighted by atomic mass is 15.2. The van der Waals surface area contributed by atoms with Gasteiger partial charge in [-0.2, -0.15) is 0 Å². The standard InChI is InChI=1S/C14H28N2/c1-13-7-4-3-5-10-16(13)12-14(2)8-6-9-15-11-14/h13,15H,3-12H2,1-2H3. The van der Waals surface area contributed by atoms with Crippen LogP contribution >= 0.6 is 0 Å². The molecule has 94 valence electrons. The average molecular weight is 224 g/mol. The van der Waals surface area contributed by atoms with E-state index in [2.05, 4.69) is 24.1 Å². The summed E-state index contributed by atoms with van der Waals surface area (Å²) in [5.74, 6) is 0. The summed E-state index contributed by atoms with van der Waals surface area (Å²) >= 11 is 0. The summed E-state index contributed by atoms with van der Waals surface area (Å²) in [6, 6.07) is 0.807. The lowest BCUT2D eigenvalue weighted by molar-refractivity contribution is 0.106. The smallest absolute Gasteiger partial charge is 0.00671 e. The molecule has 0 aromatic carbocycles. The highest BCUT2D eigenvalue weighted by Crippen LogP contribution is 2.29. The summed E-state index contributed by atoms with van der Waals surface area (Å²) in [5, 5.41) is 3.57. The maximum absolute atomic E-state index is 3.57. The van der Waals surface area contributed by atoms with E-state index < -0.39 is 0 Å². The summed E-state index contributed by atoms with van der Waals surface area (Å²) in [4.78, 5) is 2.75. The van der Waals surface area contributed by atoms with E-state index in [0.717, 1.165) is 6.04 Å². The summed E-state index contributed by atoms with van der Waals surface area (Å²) in [6.07, 6.45) is 8.46. The van der Waals surface area contributed by atoms with Gasteiger partial charge in [0.2, 0.25) is 0 Å². The van der Waals surface area contributed by atoms with Gasteiger partial charge < -0.3 is 10.2 Å². The van der Waals surface area contributed by atoms with E-state index in [1.165, 1.54) is 64.7 Å². The first kappa shape index (κ1) is 12.4. The average Bonchev–Trinajstić information content (AvgIpc) is 2.45. The number of hydrogen-bond acceptors (Lipinski definition) is 2. The van der Waals surface area contributed by atoms with Gasteiger partial charge in [-0.15, -0.1) is 0 Å². The normalized spacial score (nSPS) is 38.2. The van der Waals surface area contributed by atoms with E-state index in [0.29, 0.717) is 5.41 Å². The van der Waals surface area contributed by atoms with Crippen molar-refractivity contribution in [1.82, 2.24) is 10.2 Å². The Morgan fingerprint density at radius 3 is 2.88 bits per heavy atom. The number of hydrogen-bond donors (Lipinski definition) is 1. The number of likely N-dealkylation sites (tertiary alicyclic amines) is 1. The van der Waals surface area contributed by atoms with Crippen LogP contribution in [0.2, 0.25) is 0 Å². The van der Waals surface area contributed by atoms with Crippen molar-refractivity contribution in [2.24, 2.45) is 5.41 Å². The van der Waals surface area contributed by atoms with Crippen LogP contribution in [0.5, 0.6) is 0 Å². The monoisotopic (exact) mass is 224 g/mol. The molecule has 2 aliphatic heterocycles. The second-order valence-corrected chi connectivity index (χ2v) is 6.26. The van der Waals surface area contributed by atoms with Crippen LogP contribution in [0.4, 0.5) is 0 Å². The fraction of sp³-hybridized carbons (Fsp3) is 1.00. The largest absolute Gasteiger partial charge is 0.316 e. The molecule has 0 saturated carbocycles. The number of rotatable bonds is 2. The molecule has 2 fully saturated rings. The van der Waals surface area contributed by atoms with Crippen LogP contribution in [0, 0.1) is 5.41 Å². The van der Waals surface area contributed by atoms with Gasteiger partial charge in [0, 0.05) is 19.1 Å². The first-order valence-electron chi connectivity index (χ1n) is 7.14. The van der Waals surface area contributed by atoms with E-state index in [4.69, 9.17) is 0 Å². The quantitative estimate of drug-likeness (QED) is 0.776. The predicted molar refractivity (Wildman–Crippen MR) is 69.7 cm³/mol. The van der Waals surface area contributed by atoms with Crippen molar-refractivity contribution in [2.45, 2.75) is 58.4 Å². The molecule has 2 aliphatic rings. The van der Waals surface area contributed by atoms with Crippen molar-refractivity contribution >= 4 is 0 Å². The molecule has 2 heteroatoms. The zero-order chi connectivity index (χ0) is 11.4. The van der Waals surface area contributed by atoms with Gasteiger partial charge in [0.05, 0.1) is 0 Å². The van der Waals surface area contributed by atoms with Crippen molar-refractivity contribution in [2.75, 3.05) is 26.2 Å². The SMILES string of the molecule is CC1CCCCCN1CC1(C)CCCNC1. The van der Waals surface area contributed by atoms with E-state index >= 15 is 0 Å². The van der Waals surface area contributed by atoms with Crippen molar-refractivity contribution in [3.8, 4) is 0 Å². The Hall–Kier alpha value is -0.0800. The Bertz CT molecular complexity index is 209. The lowest BCUT2D eigenvalue weighted by Gasteiger charge is -2.40. The van der Waals surface area contributed by atoms with Crippen LogP contribution in [0.25, 0.3) is 0 Å². The molecule has 0 spiro atoms. The second-order valence-electron chi connectivity index (χ2n) is 6.26. The molecular formula is C14H28N2. The number of nitrogens with one attached hydrogen (secondary N) is 1. The molecule has 0 aromatic rings. The lowest BCUT2D eigenvalue weighted by Crippen LogP contribution is -2.48. The van der Waals surface area contributed by atoms with Gasteiger partial charge in [-0.3, -0.25) is 0 Å². The zero-order valence-electron chi connectivity index (χ0n) is 11.1. The van der Waals surface area contributed by atoms with Crippen LogP contribution in [-0.2, 0) is 0 Å². The maximum atomic E-state index is 3.57. The third kappa shape index (κ3) is 3.21. The van der Waals surface area contributed by atoms with Gasteiger partial charge >= 0.3 is 0 Å². The Kier molecular flexibility index (Phi) is 4.26. The van der Waals surface area contributed by atoms with E-state index in [1.54, 1.807) is 0 Å². The molecule has 0 bridgehead atoms. The second kappa shape index (κ2) is 5.50. The summed E-state index contributed by atoms with van der Waals surface area (Å²) in [7, 11) is 0. The minimum atomic E-state index is 0.525. The van der Waals surface area contributed by atoms with Crippen LogP contribution in [0.3, 0.4) is 0 Å². The van der Waals surface area contributed by atoms with Crippen LogP contribution in [0.1, 0.15) is 52.4 Å².